The summed E-state index contributed by atoms with van der Waals surface area (Å²) in [6, 6.07) is 11.7. The van der Waals surface area contributed by atoms with Crippen LogP contribution in [0, 0.1) is 0 Å². The van der Waals surface area contributed by atoms with Crippen LogP contribution < -0.4 is 5.56 Å². The van der Waals surface area contributed by atoms with Crippen LogP contribution in [0.1, 0.15) is 36.3 Å². The number of rotatable bonds is 7. The molecule has 1 unspecified atom stereocenters. The Morgan fingerprint density at radius 2 is 1.88 bits per heavy atom. The molecule has 132 valence electrons. The Kier molecular flexibility index (Phi) is 6.05. The molecule has 0 saturated carbocycles. The van der Waals surface area contributed by atoms with E-state index in [9.17, 15) is 14.4 Å². The van der Waals surface area contributed by atoms with Crippen molar-refractivity contribution in [3.05, 3.63) is 64.1 Å². The molecule has 2 aromatic rings. The van der Waals surface area contributed by atoms with Crippen molar-refractivity contribution in [2.75, 3.05) is 6.54 Å². The summed E-state index contributed by atoms with van der Waals surface area (Å²) in [4.78, 5) is 37.0. The second kappa shape index (κ2) is 8.23. The molecule has 0 aliphatic rings. The predicted molar refractivity (Wildman–Crippen MR) is 92.5 cm³/mol. The number of carboxylic acid groups (broad SMARTS) is 1. The number of amides is 1. The van der Waals surface area contributed by atoms with Crippen LogP contribution in [0.2, 0.25) is 0 Å². The second-order valence-corrected chi connectivity index (χ2v) is 5.78. The molecular formula is C18H21N3O4. The molecule has 1 heterocycles. The van der Waals surface area contributed by atoms with Gasteiger partial charge in [0, 0.05) is 12.1 Å². The first kappa shape index (κ1) is 18.4. The first-order valence-corrected chi connectivity index (χ1v) is 8.07. The first-order chi connectivity index (χ1) is 11.9. The zero-order chi connectivity index (χ0) is 18.4. The van der Waals surface area contributed by atoms with E-state index in [0.29, 0.717) is 6.42 Å². The van der Waals surface area contributed by atoms with Crippen molar-refractivity contribution in [1.29, 1.82) is 0 Å². The van der Waals surface area contributed by atoms with Crippen LogP contribution >= 0.6 is 0 Å². The molecule has 1 aromatic carbocycles. The van der Waals surface area contributed by atoms with Crippen LogP contribution in [0.15, 0.2) is 47.3 Å². The molecule has 1 amide bonds. The van der Waals surface area contributed by atoms with Crippen molar-refractivity contribution in [3.8, 4) is 0 Å². The highest BCUT2D eigenvalue weighted by atomic mass is 16.4. The molecule has 0 saturated heterocycles. The minimum Gasteiger partial charge on any atom is -0.480 e. The summed E-state index contributed by atoms with van der Waals surface area (Å²) in [7, 11) is 0. The fourth-order valence-electron chi connectivity index (χ4n) is 2.37. The molecule has 0 aliphatic carbocycles. The molecule has 25 heavy (non-hydrogen) atoms. The van der Waals surface area contributed by atoms with Gasteiger partial charge in [0.2, 0.25) is 0 Å². The van der Waals surface area contributed by atoms with Gasteiger partial charge in [0.25, 0.3) is 11.5 Å². The van der Waals surface area contributed by atoms with Crippen LogP contribution in [0.25, 0.3) is 0 Å². The lowest BCUT2D eigenvalue weighted by atomic mass is 10.2. The molecule has 0 aliphatic heterocycles. The molecule has 2 rings (SSSR count). The highest BCUT2D eigenvalue weighted by Gasteiger charge is 2.24. The molecule has 0 fully saturated rings. The van der Waals surface area contributed by atoms with Crippen LogP contribution in [0.4, 0.5) is 0 Å². The molecule has 0 bridgehead atoms. The van der Waals surface area contributed by atoms with Gasteiger partial charge in [-0.3, -0.25) is 14.4 Å². The van der Waals surface area contributed by atoms with Crippen molar-refractivity contribution < 1.29 is 14.7 Å². The average Bonchev–Trinajstić information content (AvgIpc) is 2.61. The fourth-order valence-corrected chi connectivity index (χ4v) is 2.37. The van der Waals surface area contributed by atoms with Gasteiger partial charge in [-0.15, -0.1) is 0 Å². The molecule has 1 aromatic heterocycles. The van der Waals surface area contributed by atoms with Gasteiger partial charge in [0.1, 0.15) is 12.2 Å². The predicted octanol–water partition coefficient (Wildman–Crippen LogP) is 1.62. The summed E-state index contributed by atoms with van der Waals surface area (Å²) in [6.45, 7) is 3.48. The van der Waals surface area contributed by atoms with E-state index in [1.807, 2.05) is 37.3 Å². The third-order valence-corrected chi connectivity index (χ3v) is 3.95. The van der Waals surface area contributed by atoms with E-state index < -0.39 is 18.4 Å². The molecular weight excluding hydrogens is 322 g/mol. The van der Waals surface area contributed by atoms with Crippen molar-refractivity contribution in [3.63, 3.8) is 0 Å². The number of carboxylic acids is 1. The van der Waals surface area contributed by atoms with Crippen molar-refractivity contribution in [2.24, 2.45) is 0 Å². The number of hydrogen-bond acceptors (Lipinski definition) is 4. The summed E-state index contributed by atoms with van der Waals surface area (Å²) >= 11 is 0. The Bertz CT molecular complexity index is 801. The van der Waals surface area contributed by atoms with Gasteiger partial charge in [-0.1, -0.05) is 37.3 Å². The topological polar surface area (TPSA) is 92.5 Å². The monoisotopic (exact) mass is 343 g/mol. The minimum absolute atomic E-state index is 0.0529. The van der Waals surface area contributed by atoms with Crippen LogP contribution in [0.5, 0.6) is 0 Å². The Morgan fingerprint density at radius 1 is 1.20 bits per heavy atom. The van der Waals surface area contributed by atoms with Crippen LogP contribution in [-0.2, 0) is 11.3 Å². The van der Waals surface area contributed by atoms with Crippen molar-refractivity contribution >= 4 is 11.9 Å². The number of aliphatic carboxylic acids is 1. The third-order valence-electron chi connectivity index (χ3n) is 3.95. The van der Waals surface area contributed by atoms with E-state index in [1.54, 1.807) is 6.92 Å². The number of benzene rings is 1. The van der Waals surface area contributed by atoms with Gasteiger partial charge >= 0.3 is 5.97 Å². The third kappa shape index (κ3) is 4.76. The summed E-state index contributed by atoms with van der Waals surface area (Å²) in [5, 5.41) is 13.2. The summed E-state index contributed by atoms with van der Waals surface area (Å²) in [5.41, 5.74) is 0.608. The molecule has 1 N–H and O–H groups in total. The van der Waals surface area contributed by atoms with E-state index in [4.69, 9.17) is 5.11 Å². The molecule has 0 spiro atoms. The highest BCUT2D eigenvalue weighted by molar-refractivity contribution is 5.94. The second-order valence-electron chi connectivity index (χ2n) is 5.78. The smallest absolute Gasteiger partial charge is 0.323 e. The lowest BCUT2D eigenvalue weighted by Gasteiger charge is -2.26. The lowest BCUT2D eigenvalue weighted by molar-refractivity contribution is -0.138. The minimum atomic E-state index is -1.09. The molecule has 7 nitrogen and oxygen atoms in total. The fraction of sp³-hybridized carbons (Fsp3) is 0.333. The van der Waals surface area contributed by atoms with Gasteiger partial charge in [-0.25, -0.2) is 4.68 Å². The SMILES string of the molecule is CCC(C)N(CC(=O)O)C(=O)c1ccc(=O)n(Cc2ccccc2)n1. The number of hydrogen-bond donors (Lipinski definition) is 1. The van der Waals surface area contributed by atoms with Gasteiger partial charge in [0.15, 0.2) is 0 Å². The lowest BCUT2D eigenvalue weighted by Crippen LogP contribution is -2.42. The maximum absolute atomic E-state index is 12.7. The van der Waals surface area contributed by atoms with Crippen molar-refractivity contribution in [1.82, 2.24) is 14.7 Å². The maximum atomic E-state index is 12.7. The number of carbonyl (C=O) groups excluding carboxylic acids is 1. The van der Waals surface area contributed by atoms with Gasteiger partial charge in [-0.2, -0.15) is 5.10 Å². The maximum Gasteiger partial charge on any atom is 0.323 e. The van der Waals surface area contributed by atoms with E-state index in [-0.39, 0.29) is 23.8 Å². The normalized spacial score (nSPS) is 11.8. The Balaban J connectivity index is 2.31. The van der Waals surface area contributed by atoms with E-state index in [2.05, 4.69) is 5.10 Å². The Morgan fingerprint density at radius 3 is 2.48 bits per heavy atom. The molecule has 1 atom stereocenters. The number of carbonyl (C=O) groups is 2. The largest absolute Gasteiger partial charge is 0.480 e. The summed E-state index contributed by atoms with van der Waals surface area (Å²) in [5.74, 6) is -1.59. The quantitative estimate of drug-likeness (QED) is 0.824. The standard InChI is InChI=1S/C18H21N3O4/c1-3-13(2)20(12-17(23)24)18(25)15-9-10-16(22)21(19-15)11-14-7-5-4-6-8-14/h4-10,13H,3,11-12H2,1-2H3,(H,23,24). The van der Waals surface area contributed by atoms with Gasteiger partial charge in [-0.05, 0) is 25.0 Å². The van der Waals surface area contributed by atoms with Crippen molar-refractivity contribution in [2.45, 2.75) is 32.9 Å². The number of nitrogens with zero attached hydrogens (tertiary/aromatic N) is 3. The van der Waals surface area contributed by atoms with Crippen LogP contribution in [-0.4, -0.2) is 44.3 Å². The Labute approximate surface area is 145 Å². The van der Waals surface area contributed by atoms with E-state index >= 15 is 0 Å². The first-order valence-electron chi connectivity index (χ1n) is 8.07. The van der Waals surface area contributed by atoms with Crippen LogP contribution in [0.3, 0.4) is 0 Å². The molecule has 7 heteroatoms. The van der Waals surface area contributed by atoms with E-state index in [1.165, 1.54) is 21.7 Å². The van der Waals surface area contributed by atoms with Gasteiger partial charge < -0.3 is 10.0 Å². The molecule has 0 radical (unpaired) electrons. The Hall–Kier alpha value is -2.96. The zero-order valence-electron chi connectivity index (χ0n) is 14.3. The summed E-state index contributed by atoms with van der Waals surface area (Å²) in [6.07, 6.45) is 0.614. The van der Waals surface area contributed by atoms with Gasteiger partial charge in [0.05, 0.1) is 6.54 Å². The van der Waals surface area contributed by atoms with E-state index in [0.717, 1.165) is 5.56 Å². The average molecular weight is 343 g/mol. The highest BCUT2D eigenvalue weighted by Crippen LogP contribution is 2.09. The number of aromatic nitrogens is 2. The zero-order valence-corrected chi connectivity index (χ0v) is 14.3. The summed E-state index contributed by atoms with van der Waals surface area (Å²) < 4.78 is 1.21.